The smallest absolute Gasteiger partial charge is 0.449 e. The van der Waals surface area contributed by atoms with Gasteiger partial charge in [-0.2, -0.15) is 0 Å². The molecule has 0 aliphatic heterocycles. The van der Waals surface area contributed by atoms with Crippen molar-refractivity contribution >= 4 is 17.9 Å². The van der Waals surface area contributed by atoms with Gasteiger partial charge in [-0.25, -0.2) is 4.79 Å². The van der Waals surface area contributed by atoms with Crippen molar-refractivity contribution in [1.82, 2.24) is 0 Å². The van der Waals surface area contributed by atoms with E-state index in [1.165, 1.54) is 0 Å². The molecule has 5 heteroatoms. The maximum absolute atomic E-state index is 12.8. The fraction of sp³-hybridized carbons (Fsp3) is 0.800. The van der Waals surface area contributed by atoms with Gasteiger partial charge in [0.15, 0.2) is 5.78 Å². The molecule has 0 aromatic heterocycles. The van der Waals surface area contributed by atoms with Gasteiger partial charge in [0.1, 0.15) is 5.41 Å². The fourth-order valence-corrected chi connectivity index (χ4v) is 2.86. The molecule has 0 bridgehead atoms. The van der Waals surface area contributed by atoms with Gasteiger partial charge in [-0.15, -0.1) is 0 Å². The van der Waals surface area contributed by atoms with Gasteiger partial charge in [0.25, 0.3) is 0 Å². The van der Waals surface area contributed by atoms with Gasteiger partial charge in [-0.1, -0.05) is 41.5 Å². The summed E-state index contributed by atoms with van der Waals surface area (Å²) in [5.74, 6) is -1.29. The number of carbonyl (C=O) groups is 3. The molecular weight excluding hydrogens is 260 g/mol. The summed E-state index contributed by atoms with van der Waals surface area (Å²) in [6.45, 7) is 11.1. The molecule has 0 heterocycles. The van der Waals surface area contributed by atoms with Crippen LogP contribution in [0.5, 0.6) is 0 Å². The number of carbonyl (C=O) groups excluding carboxylic acids is 2. The van der Waals surface area contributed by atoms with E-state index in [0.29, 0.717) is 0 Å². The van der Waals surface area contributed by atoms with Crippen LogP contribution in [0.3, 0.4) is 0 Å². The number of hydrogen-bond donors (Lipinski definition) is 1. The zero-order valence-corrected chi connectivity index (χ0v) is 13.2. The van der Waals surface area contributed by atoms with Gasteiger partial charge in [-0.05, 0) is 24.7 Å². The Labute approximate surface area is 120 Å². The third-order valence-electron chi connectivity index (χ3n) is 3.99. The first kappa shape index (κ1) is 18.6. The normalized spacial score (nSPS) is 12.1. The Morgan fingerprint density at radius 1 is 1.00 bits per heavy atom. The van der Waals surface area contributed by atoms with Crippen LogP contribution in [0, 0.1) is 23.2 Å². The summed E-state index contributed by atoms with van der Waals surface area (Å²) < 4.78 is 4.29. The van der Waals surface area contributed by atoms with Gasteiger partial charge in [0.05, 0.1) is 0 Å². The molecule has 0 fully saturated rings. The van der Waals surface area contributed by atoms with Crippen LogP contribution in [0.25, 0.3) is 0 Å². The number of esters is 1. The first-order valence-corrected chi connectivity index (χ1v) is 7.13. The van der Waals surface area contributed by atoms with E-state index in [1.54, 1.807) is 13.8 Å². The highest BCUT2D eigenvalue weighted by Gasteiger charge is 2.48. The Bertz CT molecular complexity index is 358. The summed E-state index contributed by atoms with van der Waals surface area (Å²) in [6, 6.07) is 0. The van der Waals surface area contributed by atoms with Crippen LogP contribution < -0.4 is 0 Å². The lowest BCUT2D eigenvalue weighted by atomic mass is 9.68. The average Bonchev–Trinajstić information content (AvgIpc) is 2.29. The van der Waals surface area contributed by atoms with Crippen molar-refractivity contribution in [2.45, 2.75) is 54.4 Å². The highest BCUT2D eigenvalue weighted by molar-refractivity contribution is 6.06. The zero-order valence-electron chi connectivity index (χ0n) is 13.2. The van der Waals surface area contributed by atoms with Gasteiger partial charge < -0.3 is 9.84 Å². The molecule has 0 aliphatic carbocycles. The van der Waals surface area contributed by atoms with Crippen molar-refractivity contribution in [2.24, 2.45) is 23.2 Å². The summed E-state index contributed by atoms with van der Waals surface area (Å²) in [7, 11) is 0. The van der Waals surface area contributed by atoms with E-state index in [4.69, 9.17) is 5.11 Å². The van der Waals surface area contributed by atoms with Gasteiger partial charge >= 0.3 is 12.1 Å². The van der Waals surface area contributed by atoms with E-state index in [0.717, 1.165) is 0 Å². The SMILES string of the molecule is CCC(CC)(C(=O)OC(=O)O)C(=O)C(C(C)C)C(C)C. The van der Waals surface area contributed by atoms with E-state index in [-0.39, 0.29) is 36.4 Å². The number of hydrogen-bond acceptors (Lipinski definition) is 4. The number of carboxylic acid groups (broad SMARTS) is 1. The van der Waals surface area contributed by atoms with Crippen LogP contribution in [0.2, 0.25) is 0 Å². The number of ether oxygens (including phenoxy) is 1. The summed E-state index contributed by atoms with van der Waals surface area (Å²) in [5, 5.41) is 8.62. The fourth-order valence-electron chi connectivity index (χ4n) is 2.86. The third-order valence-corrected chi connectivity index (χ3v) is 3.99. The van der Waals surface area contributed by atoms with E-state index in [2.05, 4.69) is 4.74 Å². The van der Waals surface area contributed by atoms with Crippen molar-refractivity contribution in [3.05, 3.63) is 0 Å². The standard InChI is InChI=1S/C15H26O5/c1-7-15(8-2,13(17)20-14(18)19)12(16)11(9(3)4)10(5)6/h9-11H,7-8H2,1-6H3,(H,18,19). The lowest BCUT2D eigenvalue weighted by molar-refractivity contribution is -0.159. The molecule has 0 saturated heterocycles. The molecule has 0 aromatic rings. The number of rotatable bonds is 7. The molecule has 0 rings (SSSR count). The zero-order chi connectivity index (χ0) is 16.1. The predicted octanol–water partition coefficient (Wildman–Crippen LogP) is 3.51. The predicted molar refractivity (Wildman–Crippen MR) is 75.3 cm³/mol. The second kappa shape index (κ2) is 7.41. The molecular formula is C15H26O5. The lowest BCUT2D eigenvalue weighted by Crippen LogP contribution is -2.46. The van der Waals surface area contributed by atoms with E-state index < -0.39 is 17.5 Å². The van der Waals surface area contributed by atoms with E-state index >= 15 is 0 Å². The van der Waals surface area contributed by atoms with Gasteiger partial charge in [0.2, 0.25) is 0 Å². The minimum atomic E-state index is -1.67. The van der Waals surface area contributed by atoms with Crippen molar-refractivity contribution in [3.63, 3.8) is 0 Å². The highest BCUT2D eigenvalue weighted by atomic mass is 16.7. The number of Topliss-reactive ketones (excluding diaryl/α,β-unsaturated/α-hetero) is 1. The first-order chi connectivity index (χ1) is 9.13. The van der Waals surface area contributed by atoms with Crippen LogP contribution in [0.15, 0.2) is 0 Å². The largest absolute Gasteiger partial charge is 0.513 e. The molecule has 0 unspecified atom stereocenters. The van der Waals surface area contributed by atoms with Crippen LogP contribution in [-0.2, 0) is 14.3 Å². The Morgan fingerprint density at radius 3 is 1.65 bits per heavy atom. The quantitative estimate of drug-likeness (QED) is 0.572. The van der Waals surface area contributed by atoms with Crippen LogP contribution >= 0.6 is 0 Å². The van der Waals surface area contributed by atoms with Crippen molar-refractivity contribution in [3.8, 4) is 0 Å². The van der Waals surface area contributed by atoms with Gasteiger partial charge in [0, 0.05) is 5.92 Å². The average molecular weight is 286 g/mol. The van der Waals surface area contributed by atoms with Gasteiger partial charge in [-0.3, -0.25) is 9.59 Å². The lowest BCUT2D eigenvalue weighted by Gasteiger charge is -2.34. The summed E-state index contributed by atoms with van der Waals surface area (Å²) in [4.78, 5) is 35.5. The molecule has 0 aliphatic rings. The maximum Gasteiger partial charge on any atom is 0.513 e. The minimum absolute atomic E-state index is 0.0811. The molecule has 0 amide bonds. The summed E-state index contributed by atoms with van der Waals surface area (Å²) in [6.07, 6.45) is -1.19. The molecule has 0 spiro atoms. The molecule has 5 nitrogen and oxygen atoms in total. The molecule has 0 aromatic carbocycles. The topological polar surface area (TPSA) is 80.7 Å². The monoisotopic (exact) mass is 286 g/mol. The Morgan fingerprint density at radius 2 is 1.40 bits per heavy atom. The van der Waals surface area contributed by atoms with Crippen molar-refractivity contribution < 1.29 is 24.2 Å². The van der Waals surface area contributed by atoms with Crippen LogP contribution in [0.1, 0.15) is 54.4 Å². The Kier molecular flexibility index (Phi) is 6.89. The highest BCUT2D eigenvalue weighted by Crippen LogP contribution is 2.37. The number of ketones is 1. The van der Waals surface area contributed by atoms with E-state index in [9.17, 15) is 14.4 Å². The second-order valence-electron chi connectivity index (χ2n) is 5.82. The van der Waals surface area contributed by atoms with Crippen molar-refractivity contribution in [1.29, 1.82) is 0 Å². The molecule has 116 valence electrons. The van der Waals surface area contributed by atoms with Crippen molar-refractivity contribution in [2.75, 3.05) is 0 Å². The molecule has 20 heavy (non-hydrogen) atoms. The summed E-state index contributed by atoms with van der Waals surface area (Å²) >= 11 is 0. The van der Waals surface area contributed by atoms with Crippen LogP contribution in [-0.4, -0.2) is 23.0 Å². The first-order valence-electron chi connectivity index (χ1n) is 7.13. The summed E-state index contributed by atoms with van der Waals surface area (Å²) in [5.41, 5.74) is -1.36. The maximum atomic E-state index is 12.8. The third kappa shape index (κ3) is 3.81. The molecule has 1 N–H and O–H groups in total. The van der Waals surface area contributed by atoms with Crippen LogP contribution in [0.4, 0.5) is 4.79 Å². The van der Waals surface area contributed by atoms with E-state index in [1.807, 2.05) is 27.7 Å². The molecule has 0 atom stereocenters. The Hall–Kier alpha value is -1.39. The molecule has 0 saturated carbocycles. The minimum Gasteiger partial charge on any atom is -0.449 e. The molecule has 0 radical (unpaired) electrons. The second-order valence-corrected chi connectivity index (χ2v) is 5.82. The Balaban J connectivity index is 5.60.